The number of carbonyl (C=O) groups excluding carboxylic acids is 1. The summed E-state index contributed by atoms with van der Waals surface area (Å²) in [5, 5.41) is 7.63. The van der Waals surface area contributed by atoms with Crippen molar-refractivity contribution in [3.8, 4) is 0 Å². The van der Waals surface area contributed by atoms with Crippen molar-refractivity contribution in [1.29, 1.82) is 0 Å². The molecule has 1 saturated heterocycles. The summed E-state index contributed by atoms with van der Waals surface area (Å²) in [7, 11) is 0. The number of guanidine groups is 1. The number of carbonyl (C=O) groups is 1. The van der Waals surface area contributed by atoms with Crippen LogP contribution in [0, 0.1) is 0 Å². The number of para-hydroxylation sites is 1. The molecule has 168 valence electrons. The van der Waals surface area contributed by atoms with Crippen LogP contribution in [0.1, 0.15) is 32.6 Å². The van der Waals surface area contributed by atoms with E-state index in [4.69, 9.17) is 0 Å². The minimum absolute atomic E-state index is 0. The van der Waals surface area contributed by atoms with Crippen LogP contribution in [0.4, 0.5) is 5.69 Å². The Kier molecular flexibility index (Phi) is 11.1. The minimum atomic E-state index is 0. The smallest absolute Gasteiger partial charge is 0.224 e. The number of aliphatic imine (C=N–C) groups is 1. The monoisotopic (exact) mass is 545 g/mol. The van der Waals surface area contributed by atoms with Crippen LogP contribution in [0.5, 0.6) is 0 Å². The number of anilines is 1. The fraction of sp³-hybridized carbons (Fsp3) is 0.636. The van der Waals surface area contributed by atoms with Gasteiger partial charge < -0.3 is 20.4 Å². The number of hydrogen-bond acceptors (Lipinski definition) is 4. The summed E-state index contributed by atoms with van der Waals surface area (Å²) < 4.78 is 0. The Bertz CT molecular complexity index is 667. The molecule has 1 aromatic rings. The molecule has 30 heavy (non-hydrogen) atoms. The standard InChI is InChI=1S/C22H35N5OS.HI/c1-3-23-22(25-18-9-10-20(17-18)29-2)24-12-11-21(28)27-15-13-26(14-16-27)19-7-5-4-6-8-19;/h4-8,18,20H,3,9-17H2,1-2H3,(H2,23,24,25);1H. The molecule has 1 aliphatic carbocycles. The average molecular weight is 546 g/mol. The van der Waals surface area contributed by atoms with Crippen LogP contribution in [0.15, 0.2) is 35.3 Å². The normalized spacial score (nSPS) is 21.9. The van der Waals surface area contributed by atoms with Gasteiger partial charge in [-0.05, 0) is 44.6 Å². The van der Waals surface area contributed by atoms with Gasteiger partial charge in [-0.15, -0.1) is 24.0 Å². The molecule has 8 heteroatoms. The lowest BCUT2D eigenvalue weighted by atomic mass is 10.2. The topological polar surface area (TPSA) is 60.0 Å². The van der Waals surface area contributed by atoms with Gasteiger partial charge in [-0.2, -0.15) is 11.8 Å². The van der Waals surface area contributed by atoms with Gasteiger partial charge in [-0.1, -0.05) is 18.2 Å². The van der Waals surface area contributed by atoms with Gasteiger partial charge in [-0.3, -0.25) is 9.79 Å². The zero-order valence-electron chi connectivity index (χ0n) is 18.2. The van der Waals surface area contributed by atoms with Crippen LogP contribution in [0.2, 0.25) is 0 Å². The first kappa shape index (κ1) is 25.1. The van der Waals surface area contributed by atoms with Gasteiger partial charge in [0.15, 0.2) is 5.96 Å². The van der Waals surface area contributed by atoms with Gasteiger partial charge in [0.2, 0.25) is 5.91 Å². The number of nitrogens with zero attached hydrogens (tertiary/aromatic N) is 3. The Morgan fingerprint density at radius 1 is 1.17 bits per heavy atom. The first-order valence-electron chi connectivity index (χ1n) is 10.8. The van der Waals surface area contributed by atoms with E-state index in [1.54, 1.807) is 0 Å². The lowest BCUT2D eigenvalue weighted by Crippen LogP contribution is -2.49. The molecule has 1 aromatic carbocycles. The summed E-state index contributed by atoms with van der Waals surface area (Å²) in [6, 6.07) is 10.9. The minimum Gasteiger partial charge on any atom is -0.368 e. The zero-order chi connectivity index (χ0) is 20.5. The first-order valence-corrected chi connectivity index (χ1v) is 12.1. The molecule has 0 bridgehead atoms. The summed E-state index contributed by atoms with van der Waals surface area (Å²) >= 11 is 1.96. The molecule has 0 spiro atoms. The van der Waals surface area contributed by atoms with Crippen molar-refractivity contribution in [2.24, 2.45) is 4.99 Å². The molecule has 2 aliphatic rings. The van der Waals surface area contributed by atoms with Crippen molar-refractivity contribution in [2.45, 2.75) is 43.9 Å². The van der Waals surface area contributed by atoms with E-state index in [2.05, 4.69) is 58.0 Å². The Balaban J connectivity index is 0.00000320. The fourth-order valence-corrected chi connectivity index (χ4v) is 4.87. The molecule has 2 N–H and O–H groups in total. The second-order valence-corrected chi connectivity index (χ2v) is 8.86. The molecule has 1 amide bonds. The summed E-state index contributed by atoms with van der Waals surface area (Å²) in [6.07, 6.45) is 6.32. The predicted molar refractivity (Wildman–Crippen MR) is 139 cm³/mol. The van der Waals surface area contributed by atoms with Crippen molar-refractivity contribution in [3.05, 3.63) is 30.3 Å². The van der Waals surface area contributed by atoms with E-state index in [1.165, 1.54) is 24.9 Å². The van der Waals surface area contributed by atoms with Crippen molar-refractivity contribution in [3.63, 3.8) is 0 Å². The Morgan fingerprint density at radius 2 is 1.90 bits per heavy atom. The maximum Gasteiger partial charge on any atom is 0.224 e. The van der Waals surface area contributed by atoms with Gasteiger partial charge in [0.05, 0.1) is 6.54 Å². The molecule has 6 nitrogen and oxygen atoms in total. The van der Waals surface area contributed by atoms with Gasteiger partial charge in [0.1, 0.15) is 0 Å². The molecular formula is C22H36IN5OS. The molecule has 2 unspecified atom stereocenters. The number of hydrogen-bond donors (Lipinski definition) is 2. The van der Waals surface area contributed by atoms with Gasteiger partial charge in [-0.25, -0.2) is 0 Å². The highest BCUT2D eigenvalue weighted by atomic mass is 127. The summed E-state index contributed by atoms with van der Waals surface area (Å²) in [5.74, 6) is 1.06. The second kappa shape index (κ2) is 13.3. The number of rotatable bonds is 7. The van der Waals surface area contributed by atoms with E-state index in [-0.39, 0.29) is 29.9 Å². The van der Waals surface area contributed by atoms with E-state index < -0.39 is 0 Å². The third kappa shape index (κ3) is 7.51. The molecule has 1 heterocycles. The first-order chi connectivity index (χ1) is 14.2. The predicted octanol–water partition coefficient (Wildman–Crippen LogP) is 3.18. The van der Waals surface area contributed by atoms with Crippen LogP contribution in [0.25, 0.3) is 0 Å². The van der Waals surface area contributed by atoms with E-state index >= 15 is 0 Å². The molecule has 0 radical (unpaired) electrons. The van der Waals surface area contributed by atoms with E-state index in [1.807, 2.05) is 22.7 Å². The number of thioether (sulfide) groups is 1. The van der Waals surface area contributed by atoms with Crippen LogP contribution < -0.4 is 15.5 Å². The summed E-state index contributed by atoms with van der Waals surface area (Å²) in [6.45, 7) is 6.80. The van der Waals surface area contributed by atoms with Crippen LogP contribution in [-0.4, -0.2) is 73.6 Å². The number of amides is 1. The average Bonchev–Trinajstić information content (AvgIpc) is 3.22. The van der Waals surface area contributed by atoms with Crippen molar-refractivity contribution >= 4 is 53.3 Å². The zero-order valence-corrected chi connectivity index (χ0v) is 21.3. The maximum absolute atomic E-state index is 12.6. The lowest BCUT2D eigenvalue weighted by molar-refractivity contribution is -0.131. The second-order valence-electron chi connectivity index (χ2n) is 7.73. The number of halogens is 1. The Hall–Kier alpha value is -1.16. The Morgan fingerprint density at radius 3 is 2.53 bits per heavy atom. The highest BCUT2D eigenvalue weighted by Gasteiger charge is 2.24. The van der Waals surface area contributed by atoms with E-state index in [9.17, 15) is 4.79 Å². The van der Waals surface area contributed by atoms with Crippen molar-refractivity contribution < 1.29 is 4.79 Å². The molecule has 1 aliphatic heterocycles. The summed E-state index contributed by atoms with van der Waals surface area (Å²) in [4.78, 5) is 21.6. The van der Waals surface area contributed by atoms with Crippen LogP contribution in [0.3, 0.4) is 0 Å². The molecule has 2 atom stereocenters. The maximum atomic E-state index is 12.6. The van der Waals surface area contributed by atoms with Crippen molar-refractivity contribution in [2.75, 3.05) is 50.4 Å². The molecular weight excluding hydrogens is 509 g/mol. The third-order valence-corrected chi connectivity index (χ3v) is 6.85. The third-order valence-electron chi connectivity index (χ3n) is 5.75. The highest BCUT2D eigenvalue weighted by molar-refractivity contribution is 14.0. The molecule has 1 saturated carbocycles. The van der Waals surface area contributed by atoms with Gasteiger partial charge in [0.25, 0.3) is 0 Å². The van der Waals surface area contributed by atoms with Gasteiger partial charge >= 0.3 is 0 Å². The van der Waals surface area contributed by atoms with Crippen molar-refractivity contribution in [1.82, 2.24) is 15.5 Å². The highest BCUT2D eigenvalue weighted by Crippen LogP contribution is 2.28. The number of nitrogens with one attached hydrogen (secondary N) is 2. The van der Waals surface area contributed by atoms with E-state index in [0.29, 0.717) is 19.0 Å². The molecule has 0 aromatic heterocycles. The SMILES string of the molecule is CCNC(=NCCC(=O)N1CCN(c2ccccc2)CC1)NC1CCC(SC)C1.I. The lowest BCUT2D eigenvalue weighted by Gasteiger charge is -2.36. The molecule has 2 fully saturated rings. The fourth-order valence-electron chi connectivity index (χ4n) is 4.07. The van der Waals surface area contributed by atoms with Gasteiger partial charge in [0, 0.05) is 56.1 Å². The largest absolute Gasteiger partial charge is 0.368 e. The summed E-state index contributed by atoms with van der Waals surface area (Å²) in [5.41, 5.74) is 1.24. The molecule has 3 rings (SSSR count). The van der Waals surface area contributed by atoms with Crippen LogP contribution in [-0.2, 0) is 4.79 Å². The Labute approximate surface area is 202 Å². The number of piperazine rings is 1. The van der Waals surface area contributed by atoms with Crippen LogP contribution >= 0.6 is 35.7 Å². The quantitative estimate of drug-likeness (QED) is 0.313. The van der Waals surface area contributed by atoms with E-state index in [0.717, 1.165) is 43.9 Å². The number of benzene rings is 1.